The van der Waals surface area contributed by atoms with Gasteiger partial charge in [-0.05, 0) is 49.9 Å². The minimum absolute atomic E-state index is 0.228. The minimum atomic E-state index is -0.932. The molecule has 1 aromatic heterocycles. The molecule has 2 aliphatic rings. The number of H-pyrrole nitrogens is 1. The number of fused-ring (bicyclic) bond motifs is 1. The molecule has 2 atom stereocenters. The molecule has 0 bridgehead atoms. The van der Waals surface area contributed by atoms with Crippen LogP contribution in [0.4, 0.5) is 0 Å². The number of benzene rings is 1. The molecule has 3 heterocycles. The van der Waals surface area contributed by atoms with Gasteiger partial charge in [0, 0.05) is 20.5 Å². The number of ether oxygens (including phenoxy) is 1. The molecule has 7 heteroatoms. The van der Waals surface area contributed by atoms with Gasteiger partial charge < -0.3 is 14.8 Å². The number of aromatic nitrogens is 2. The van der Waals surface area contributed by atoms with Crippen molar-refractivity contribution < 1.29 is 14.6 Å². The van der Waals surface area contributed by atoms with E-state index in [9.17, 15) is 9.90 Å². The Morgan fingerprint density at radius 3 is 3.00 bits per heavy atom. The van der Waals surface area contributed by atoms with Crippen LogP contribution in [0.5, 0.6) is 0 Å². The van der Waals surface area contributed by atoms with Gasteiger partial charge in [-0.2, -0.15) is 0 Å². The fraction of sp³-hybridized carbons (Fsp3) is 0.500. The second-order valence-electron chi connectivity index (χ2n) is 7.14. The predicted octanol–water partition coefficient (Wildman–Crippen LogP) is 2.87. The molecule has 0 aliphatic carbocycles. The van der Waals surface area contributed by atoms with Gasteiger partial charge in [-0.1, -0.05) is 17.8 Å². The first kappa shape index (κ1) is 17.0. The van der Waals surface area contributed by atoms with Crippen molar-refractivity contribution in [2.24, 2.45) is 0 Å². The monoisotopic (exact) mass is 373 g/mol. The van der Waals surface area contributed by atoms with E-state index < -0.39 is 11.4 Å². The van der Waals surface area contributed by atoms with Gasteiger partial charge in [0.25, 0.3) is 0 Å². The van der Waals surface area contributed by atoms with E-state index in [2.05, 4.69) is 17.6 Å². The molecule has 131 valence electrons. The summed E-state index contributed by atoms with van der Waals surface area (Å²) >= 11 is 1.82. The lowest BCUT2D eigenvalue weighted by atomic mass is 9.80. The van der Waals surface area contributed by atoms with Crippen molar-refractivity contribution >= 4 is 43.6 Å². The molecule has 2 N–H and O–H groups in total. The summed E-state index contributed by atoms with van der Waals surface area (Å²) in [5.41, 5.74) is 4.05. The normalized spacial score (nSPS) is 29.3. The molecule has 4 rings (SSSR count). The van der Waals surface area contributed by atoms with Crippen molar-refractivity contribution in [3.05, 3.63) is 23.8 Å². The third-order valence-corrected chi connectivity index (χ3v) is 8.27. The molecular formula is C18H21N2O3SSi. The average molecular weight is 374 g/mol. The molecule has 1 aromatic carbocycles. The number of carboxylic acid groups (broad SMARTS) is 1. The highest BCUT2D eigenvalue weighted by Crippen LogP contribution is 2.40. The molecular weight excluding hydrogens is 352 g/mol. The van der Waals surface area contributed by atoms with E-state index >= 15 is 0 Å². The SMILES string of the molecule is CC1(Sc2nc3ccc(C4(C(=O)O)CCOC4)cc3[nH]2)CCC=[Si]C1. The summed E-state index contributed by atoms with van der Waals surface area (Å²) in [6, 6.07) is 6.94. The Morgan fingerprint density at radius 1 is 1.44 bits per heavy atom. The van der Waals surface area contributed by atoms with Gasteiger partial charge in [0.15, 0.2) is 5.16 Å². The Morgan fingerprint density at radius 2 is 2.32 bits per heavy atom. The van der Waals surface area contributed by atoms with Crippen molar-refractivity contribution in [3.8, 4) is 0 Å². The molecule has 0 amide bonds. The van der Waals surface area contributed by atoms with Crippen molar-refractivity contribution in [1.82, 2.24) is 9.97 Å². The highest BCUT2D eigenvalue weighted by Gasteiger charge is 2.44. The Labute approximate surface area is 153 Å². The third kappa shape index (κ3) is 3.09. The Bertz CT molecular complexity index is 844. The third-order valence-electron chi connectivity index (χ3n) is 5.22. The number of carbonyl (C=O) groups is 1. The maximum Gasteiger partial charge on any atom is 0.316 e. The zero-order valence-corrected chi connectivity index (χ0v) is 16.0. The Balaban J connectivity index is 1.65. The van der Waals surface area contributed by atoms with Crippen molar-refractivity contribution in [2.45, 2.75) is 47.5 Å². The second kappa shape index (κ2) is 6.37. The van der Waals surface area contributed by atoms with E-state index in [1.807, 2.05) is 30.0 Å². The van der Waals surface area contributed by atoms with Gasteiger partial charge in [0.05, 0.1) is 17.6 Å². The molecule has 25 heavy (non-hydrogen) atoms. The number of thioether (sulfide) groups is 1. The zero-order chi connectivity index (χ0) is 17.5. The number of nitrogens with one attached hydrogen (secondary N) is 1. The van der Waals surface area contributed by atoms with Gasteiger partial charge >= 0.3 is 5.97 Å². The molecule has 5 nitrogen and oxygen atoms in total. The highest BCUT2D eigenvalue weighted by atomic mass is 32.2. The minimum Gasteiger partial charge on any atom is -0.481 e. The predicted molar refractivity (Wildman–Crippen MR) is 101 cm³/mol. The van der Waals surface area contributed by atoms with Crippen LogP contribution in [0.15, 0.2) is 23.4 Å². The van der Waals surface area contributed by atoms with Crippen LogP contribution in [0.2, 0.25) is 6.04 Å². The Kier molecular flexibility index (Phi) is 4.33. The fourth-order valence-electron chi connectivity index (χ4n) is 3.59. The Hall–Kier alpha value is -1.44. The van der Waals surface area contributed by atoms with E-state index in [1.165, 1.54) is 18.9 Å². The van der Waals surface area contributed by atoms with Crippen LogP contribution in [0.25, 0.3) is 11.0 Å². The number of rotatable bonds is 4. The maximum absolute atomic E-state index is 11.9. The number of aliphatic carboxylic acids is 1. The maximum atomic E-state index is 11.9. The summed E-state index contributed by atoms with van der Waals surface area (Å²) in [5, 5.41) is 10.7. The molecule has 2 aromatic rings. The highest BCUT2D eigenvalue weighted by molar-refractivity contribution is 8.00. The van der Waals surface area contributed by atoms with E-state index in [0.29, 0.717) is 13.0 Å². The molecule has 1 radical (unpaired) electrons. The quantitative estimate of drug-likeness (QED) is 0.806. The fourth-order valence-corrected chi connectivity index (χ4v) is 6.23. The molecule has 1 fully saturated rings. The lowest BCUT2D eigenvalue weighted by Crippen LogP contribution is -2.36. The number of imidazole rings is 1. The van der Waals surface area contributed by atoms with Crippen LogP contribution in [0.3, 0.4) is 0 Å². The van der Waals surface area contributed by atoms with E-state index in [0.717, 1.165) is 30.9 Å². The van der Waals surface area contributed by atoms with Crippen molar-refractivity contribution in [1.29, 1.82) is 0 Å². The standard InChI is InChI=1S/C18H21N2O3SSi/c1-17(5-2-8-25-11-17)24-16-19-13-4-3-12(9-14(13)20-16)18(15(21)22)6-7-23-10-18/h3-4,8-9H,2,5-7,10-11H2,1H3,(H,19,20)(H,21,22). The first-order valence-corrected chi connectivity index (χ1v) is 10.7. The van der Waals surface area contributed by atoms with Crippen molar-refractivity contribution in [2.75, 3.05) is 13.2 Å². The topological polar surface area (TPSA) is 75.2 Å². The van der Waals surface area contributed by atoms with E-state index in [-0.39, 0.29) is 11.4 Å². The smallest absolute Gasteiger partial charge is 0.316 e. The van der Waals surface area contributed by atoms with Gasteiger partial charge in [0.1, 0.15) is 5.41 Å². The van der Waals surface area contributed by atoms with E-state index in [4.69, 9.17) is 9.72 Å². The van der Waals surface area contributed by atoms with Crippen LogP contribution in [-0.2, 0) is 14.9 Å². The molecule has 0 saturated carbocycles. The van der Waals surface area contributed by atoms with Crippen LogP contribution in [0, 0.1) is 0 Å². The van der Waals surface area contributed by atoms with E-state index in [1.54, 1.807) is 0 Å². The summed E-state index contributed by atoms with van der Waals surface area (Å²) in [6.45, 7) is 3.04. The number of nitrogens with zero attached hydrogens (tertiary/aromatic N) is 1. The van der Waals surface area contributed by atoms with Crippen LogP contribution < -0.4 is 0 Å². The number of carboxylic acids is 1. The lowest BCUT2D eigenvalue weighted by Gasteiger charge is -2.28. The van der Waals surface area contributed by atoms with Crippen LogP contribution >= 0.6 is 11.8 Å². The van der Waals surface area contributed by atoms with Gasteiger partial charge in [0.2, 0.25) is 0 Å². The summed E-state index contributed by atoms with van der Waals surface area (Å²) < 4.78 is 5.62. The number of hydrogen-bond donors (Lipinski definition) is 2. The molecule has 2 unspecified atom stereocenters. The second-order valence-corrected chi connectivity index (χ2v) is 9.89. The van der Waals surface area contributed by atoms with Gasteiger partial charge in [-0.3, -0.25) is 4.79 Å². The summed E-state index contributed by atoms with van der Waals surface area (Å²) in [5.74, 6) is -0.814. The summed E-state index contributed by atoms with van der Waals surface area (Å²) in [6.07, 6.45) is 2.86. The molecule has 1 saturated heterocycles. The zero-order valence-electron chi connectivity index (χ0n) is 14.2. The molecule has 0 spiro atoms. The number of aromatic amines is 1. The number of hydrogen-bond acceptors (Lipinski definition) is 4. The molecule has 2 aliphatic heterocycles. The first-order chi connectivity index (χ1) is 12.0. The van der Waals surface area contributed by atoms with Crippen molar-refractivity contribution in [3.63, 3.8) is 0 Å². The summed E-state index contributed by atoms with van der Waals surface area (Å²) in [4.78, 5) is 20.0. The largest absolute Gasteiger partial charge is 0.481 e. The summed E-state index contributed by atoms with van der Waals surface area (Å²) in [7, 11) is 0.921. The van der Waals surface area contributed by atoms with Gasteiger partial charge in [-0.25, -0.2) is 4.98 Å². The average Bonchev–Trinajstić information content (AvgIpc) is 3.21. The lowest BCUT2D eigenvalue weighted by molar-refractivity contribution is -0.143. The van der Waals surface area contributed by atoms with Crippen LogP contribution in [0.1, 0.15) is 31.7 Å². The first-order valence-electron chi connectivity index (χ1n) is 8.56. The van der Waals surface area contributed by atoms with Gasteiger partial charge in [-0.15, -0.1) is 5.67 Å². The van der Waals surface area contributed by atoms with Crippen LogP contribution in [-0.4, -0.2) is 53.8 Å².